The average Bonchev–Trinajstić information content (AvgIpc) is 3.18. The summed E-state index contributed by atoms with van der Waals surface area (Å²) in [6.07, 6.45) is 24.9. The van der Waals surface area contributed by atoms with Crippen LogP contribution in [0, 0.1) is 50.2 Å². The summed E-state index contributed by atoms with van der Waals surface area (Å²) in [6, 6.07) is 11.9. The number of piperidine rings is 4. The van der Waals surface area contributed by atoms with E-state index in [1.165, 1.54) is 61.9 Å². The molecule has 4 heterocycles. The molecule has 4 saturated heterocycles. The number of carbonyl (C=O) groups excluding carboxylic acids is 2. The molecule has 12 aliphatic rings. The lowest BCUT2D eigenvalue weighted by Crippen LogP contribution is -2.67. The SMILES string of the molecule is C=C(/C=C\C(=C/C)C12CC3(C(=O)N[C@@H]4CN5CCC4CC5)C[C@](C)(C1)C[C@@](c1ccccc1)(C3)C2)[C@]12CC3CC(C(=O)NC4CCNCC4C)(C[C@](CC)(C3)C1)C2. The first-order valence-electron chi connectivity index (χ1n) is 23.4. The van der Waals surface area contributed by atoms with E-state index in [2.05, 4.69) is 97.1 Å². The minimum Gasteiger partial charge on any atom is -0.353 e. The molecule has 10 bridgehead atoms. The molecular formula is C51H72N4O2. The Balaban J connectivity index is 0.962. The maximum absolute atomic E-state index is 15.1. The molecule has 8 saturated carbocycles. The van der Waals surface area contributed by atoms with Crippen LogP contribution in [-0.4, -0.2) is 61.5 Å². The molecule has 6 nitrogen and oxygen atoms in total. The van der Waals surface area contributed by atoms with Crippen LogP contribution in [0.3, 0.4) is 0 Å². The molecule has 57 heavy (non-hydrogen) atoms. The van der Waals surface area contributed by atoms with Crippen molar-refractivity contribution < 1.29 is 9.59 Å². The van der Waals surface area contributed by atoms with Gasteiger partial charge in [-0.1, -0.05) is 82.3 Å². The van der Waals surface area contributed by atoms with Crippen LogP contribution in [0.2, 0.25) is 0 Å². The fourth-order valence-corrected chi connectivity index (χ4v) is 17.4. The van der Waals surface area contributed by atoms with Crippen LogP contribution in [0.1, 0.15) is 136 Å². The second kappa shape index (κ2) is 13.4. The largest absolute Gasteiger partial charge is 0.353 e. The van der Waals surface area contributed by atoms with Gasteiger partial charge < -0.3 is 20.9 Å². The number of hydrogen-bond donors (Lipinski definition) is 3. The van der Waals surface area contributed by atoms with Crippen LogP contribution >= 0.6 is 0 Å². The minimum absolute atomic E-state index is 0.0185. The van der Waals surface area contributed by atoms with Crippen molar-refractivity contribution in [2.75, 3.05) is 32.7 Å². The quantitative estimate of drug-likeness (QED) is 0.208. The zero-order chi connectivity index (χ0) is 39.5. The van der Waals surface area contributed by atoms with Crippen molar-refractivity contribution in [1.82, 2.24) is 20.9 Å². The number of benzene rings is 1. The lowest BCUT2D eigenvalue weighted by molar-refractivity contribution is -0.174. The number of fused-ring (bicyclic) bond motifs is 3. The van der Waals surface area contributed by atoms with Gasteiger partial charge in [0, 0.05) is 18.6 Å². The molecule has 4 aliphatic heterocycles. The van der Waals surface area contributed by atoms with Crippen LogP contribution in [0.4, 0.5) is 0 Å². The van der Waals surface area contributed by atoms with Crippen molar-refractivity contribution in [2.45, 2.75) is 148 Å². The van der Waals surface area contributed by atoms with Gasteiger partial charge in [0.15, 0.2) is 0 Å². The van der Waals surface area contributed by atoms with Crippen LogP contribution in [0.25, 0.3) is 0 Å². The van der Waals surface area contributed by atoms with E-state index in [-0.39, 0.29) is 50.0 Å². The fraction of sp³-hybridized carbons (Fsp3) is 0.725. The molecule has 11 atom stereocenters. The second-order valence-corrected chi connectivity index (χ2v) is 22.9. The highest BCUT2D eigenvalue weighted by Crippen LogP contribution is 2.76. The van der Waals surface area contributed by atoms with E-state index in [4.69, 9.17) is 6.58 Å². The van der Waals surface area contributed by atoms with Crippen molar-refractivity contribution in [3.63, 3.8) is 0 Å². The van der Waals surface area contributed by atoms with E-state index >= 15 is 4.79 Å². The molecule has 13 rings (SSSR count). The van der Waals surface area contributed by atoms with Crippen LogP contribution in [-0.2, 0) is 15.0 Å². The molecule has 1 aromatic carbocycles. The highest BCUT2D eigenvalue weighted by atomic mass is 16.2. The van der Waals surface area contributed by atoms with Crippen molar-refractivity contribution in [3.05, 3.63) is 71.8 Å². The van der Waals surface area contributed by atoms with Gasteiger partial charge in [-0.25, -0.2) is 0 Å². The highest BCUT2D eigenvalue weighted by Gasteiger charge is 2.70. The first-order valence-corrected chi connectivity index (χ1v) is 23.4. The highest BCUT2D eigenvalue weighted by molar-refractivity contribution is 5.85. The number of hydrogen-bond acceptors (Lipinski definition) is 4. The predicted molar refractivity (Wildman–Crippen MR) is 229 cm³/mol. The third kappa shape index (κ3) is 6.13. The lowest BCUT2D eigenvalue weighted by atomic mass is 9.33. The van der Waals surface area contributed by atoms with E-state index in [1.807, 2.05) is 0 Å². The molecule has 0 radical (unpaired) electrons. The summed E-state index contributed by atoms with van der Waals surface area (Å²) in [5, 5.41) is 10.9. The summed E-state index contributed by atoms with van der Waals surface area (Å²) in [4.78, 5) is 32.3. The molecule has 0 aromatic heterocycles. The Kier molecular flexibility index (Phi) is 9.05. The van der Waals surface area contributed by atoms with Crippen LogP contribution < -0.4 is 16.0 Å². The Morgan fingerprint density at radius 3 is 2.23 bits per heavy atom. The van der Waals surface area contributed by atoms with E-state index in [0.717, 1.165) is 90.3 Å². The average molecular weight is 773 g/mol. The summed E-state index contributed by atoms with van der Waals surface area (Å²) >= 11 is 0. The summed E-state index contributed by atoms with van der Waals surface area (Å²) in [5.74, 6) is 2.36. The molecule has 12 fully saturated rings. The van der Waals surface area contributed by atoms with E-state index in [0.29, 0.717) is 29.6 Å². The van der Waals surface area contributed by atoms with Gasteiger partial charge in [0.05, 0.1) is 10.8 Å². The van der Waals surface area contributed by atoms with Crippen molar-refractivity contribution >= 4 is 11.8 Å². The van der Waals surface area contributed by atoms with Gasteiger partial charge in [-0.3, -0.25) is 9.59 Å². The predicted octanol–water partition coefficient (Wildman–Crippen LogP) is 9.04. The summed E-state index contributed by atoms with van der Waals surface area (Å²) in [6.45, 7) is 19.8. The Bertz CT molecular complexity index is 1860. The summed E-state index contributed by atoms with van der Waals surface area (Å²) < 4.78 is 0. The number of rotatable bonds is 10. The second-order valence-electron chi connectivity index (χ2n) is 22.9. The van der Waals surface area contributed by atoms with Gasteiger partial charge in [0.1, 0.15) is 0 Å². The van der Waals surface area contributed by atoms with Crippen molar-refractivity contribution in [2.24, 2.45) is 50.2 Å². The lowest BCUT2D eigenvalue weighted by Gasteiger charge is -2.70. The maximum Gasteiger partial charge on any atom is 0.226 e. The zero-order valence-electron chi connectivity index (χ0n) is 35.8. The van der Waals surface area contributed by atoms with Gasteiger partial charge >= 0.3 is 0 Å². The summed E-state index contributed by atoms with van der Waals surface area (Å²) in [5.41, 5.74) is 3.63. The standard InChI is InChI=1S/C51H72N4O2/c1-6-39(14-13-36(4)47-22-37-21-46(7-2,29-47)30-48(23-37,31-47)43(56)53-41-15-18-52-24-35(41)3)49-26-45(5)27-50(32-49,40-11-9-8-10-12-40)34-51(28-45,33-49)44(57)54-42-25-55-19-16-38(42)17-20-55/h6,8-14,35,37-38,41-42,52H,4,7,15-34H2,1-3,5H3,(H,53,56)(H,54,57)/b14-13-,39-6+/t35?,37?,41?,42-,45-,46-,47-,48?,49?,50+,51?/m1/s1. The zero-order valence-corrected chi connectivity index (χ0v) is 35.8. The van der Waals surface area contributed by atoms with Crippen LogP contribution in [0.5, 0.6) is 0 Å². The smallest absolute Gasteiger partial charge is 0.226 e. The normalized spacial score (nSPS) is 48.0. The number of nitrogens with one attached hydrogen (secondary N) is 3. The molecule has 0 spiro atoms. The van der Waals surface area contributed by atoms with Gasteiger partial charge in [-0.15, -0.1) is 0 Å². The number of nitrogens with zero attached hydrogens (tertiary/aromatic N) is 1. The molecule has 6 heteroatoms. The van der Waals surface area contributed by atoms with Crippen LogP contribution in [0.15, 0.2) is 66.3 Å². The Hall–Kier alpha value is -2.70. The third-order valence-electron chi connectivity index (χ3n) is 18.8. The monoisotopic (exact) mass is 773 g/mol. The van der Waals surface area contributed by atoms with E-state index < -0.39 is 0 Å². The maximum atomic E-state index is 15.1. The van der Waals surface area contributed by atoms with Gasteiger partial charge in [0.25, 0.3) is 0 Å². The van der Waals surface area contributed by atoms with Gasteiger partial charge in [-0.05, 0) is 191 Å². The molecule has 3 N–H and O–H groups in total. The summed E-state index contributed by atoms with van der Waals surface area (Å²) in [7, 11) is 0. The number of allylic oxidation sites excluding steroid dienone is 5. The molecule has 308 valence electrons. The number of amides is 2. The topological polar surface area (TPSA) is 73.5 Å². The Morgan fingerprint density at radius 2 is 1.51 bits per heavy atom. The fourth-order valence-electron chi connectivity index (χ4n) is 17.4. The molecule has 2 amide bonds. The first-order chi connectivity index (χ1) is 27.3. The number of carbonyl (C=O) groups is 2. The van der Waals surface area contributed by atoms with Crippen molar-refractivity contribution in [1.29, 1.82) is 0 Å². The first kappa shape index (κ1) is 38.5. The minimum atomic E-state index is -0.371. The third-order valence-corrected chi connectivity index (χ3v) is 18.8. The molecular weight excluding hydrogens is 701 g/mol. The molecule has 6 unspecified atom stereocenters. The Morgan fingerprint density at radius 1 is 0.825 bits per heavy atom. The Labute approximate surface area is 343 Å². The molecule has 1 aromatic rings. The van der Waals surface area contributed by atoms with E-state index in [1.54, 1.807) is 0 Å². The van der Waals surface area contributed by atoms with Crippen molar-refractivity contribution in [3.8, 4) is 0 Å². The van der Waals surface area contributed by atoms with Gasteiger partial charge in [-0.2, -0.15) is 0 Å². The molecule has 8 aliphatic carbocycles. The van der Waals surface area contributed by atoms with E-state index in [9.17, 15) is 4.79 Å². The van der Waals surface area contributed by atoms with Gasteiger partial charge in [0.2, 0.25) is 11.8 Å².